The Morgan fingerprint density at radius 3 is 2.39 bits per heavy atom. The van der Waals surface area contributed by atoms with Crippen LogP contribution in [0.5, 0.6) is 5.88 Å². The van der Waals surface area contributed by atoms with Crippen molar-refractivity contribution in [3.63, 3.8) is 0 Å². The van der Waals surface area contributed by atoms with Crippen LogP contribution in [0.1, 0.15) is 44.6 Å². The molecule has 2 aromatic carbocycles. The molecule has 0 aliphatic heterocycles. The Morgan fingerprint density at radius 1 is 1.03 bits per heavy atom. The van der Waals surface area contributed by atoms with Gasteiger partial charge in [-0.3, -0.25) is 0 Å². The largest absolute Gasteiger partial charge is 0.477 e. The first kappa shape index (κ1) is 21.7. The minimum Gasteiger partial charge on any atom is -0.477 e. The molecule has 1 saturated carbocycles. The first-order valence-corrected chi connectivity index (χ1v) is 12.1. The molecule has 0 N–H and O–H groups in total. The molecule has 5 heteroatoms. The molecule has 31 heavy (non-hydrogen) atoms. The molecule has 1 aromatic heterocycles. The summed E-state index contributed by atoms with van der Waals surface area (Å²) >= 11 is 8.02. The zero-order valence-corrected chi connectivity index (χ0v) is 19.2. The summed E-state index contributed by atoms with van der Waals surface area (Å²) in [6, 6.07) is 20.3. The number of nitrogens with zero attached hydrogens (tertiary/aromatic N) is 2. The zero-order valence-electron chi connectivity index (χ0n) is 17.6. The Hall–Kier alpha value is -2.48. The summed E-state index contributed by atoms with van der Waals surface area (Å²) in [5.74, 6) is 0.391. The molecule has 1 aliphatic rings. The van der Waals surface area contributed by atoms with Gasteiger partial charge in [-0.2, -0.15) is 5.26 Å². The second-order valence-corrected chi connectivity index (χ2v) is 9.39. The molecule has 0 atom stereocenters. The summed E-state index contributed by atoms with van der Waals surface area (Å²) in [5.41, 5.74) is 4.26. The van der Waals surface area contributed by atoms with Crippen molar-refractivity contribution >= 4 is 23.4 Å². The van der Waals surface area contributed by atoms with E-state index < -0.39 is 0 Å². The first-order valence-electron chi connectivity index (χ1n) is 10.8. The number of hydrogen-bond donors (Lipinski definition) is 0. The molecule has 0 saturated heterocycles. The second kappa shape index (κ2) is 10.2. The van der Waals surface area contributed by atoms with E-state index in [2.05, 4.69) is 18.2 Å². The van der Waals surface area contributed by atoms with Crippen LogP contribution >= 0.6 is 23.4 Å². The fourth-order valence-corrected chi connectivity index (χ4v) is 5.68. The summed E-state index contributed by atoms with van der Waals surface area (Å²) in [7, 11) is 0. The average Bonchev–Trinajstić information content (AvgIpc) is 2.81. The molecular weight excluding hydrogens is 424 g/mol. The Kier molecular flexibility index (Phi) is 7.17. The van der Waals surface area contributed by atoms with Crippen LogP contribution in [0.15, 0.2) is 59.5 Å². The summed E-state index contributed by atoms with van der Waals surface area (Å²) in [6.07, 6.45) is 6.19. The van der Waals surface area contributed by atoms with Crippen molar-refractivity contribution in [1.82, 2.24) is 4.98 Å². The summed E-state index contributed by atoms with van der Waals surface area (Å²) in [6.45, 7) is 2.36. The van der Waals surface area contributed by atoms with Crippen molar-refractivity contribution in [2.45, 2.75) is 49.2 Å². The molecule has 3 aromatic rings. The molecule has 1 aliphatic carbocycles. The van der Waals surface area contributed by atoms with Crippen molar-refractivity contribution in [3.05, 3.63) is 65.2 Å². The molecule has 0 bridgehead atoms. The fourth-order valence-electron chi connectivity index (χ4n) is 4.04. The van der Waals surface area contributed by atoms with Crippen molar-refractivity contribution in [3.8, 4) is 34.3 Å². The molecular formula is C26H25ClN2OS. The van der Waals surface area contributed by atoms with E-state index in [9.17, 15) is 5.26 Å². The normalized spacial score (nSPS) is 14.2. The molecule has 3 nitrogen and oxygen atoms in total. The maximum Gasteiger partial charge on any atom is 0.232 e. The number of pyridine rings is 1. The van der Waals surface area contributed by atoms with Crippen LogP contribution in [0, 0.1) is 11.3 Å². The number of rotatable bonds is 6. The highest BCUT2D eigenvalue weighted by atomic mass is 35.5. The van der Waals surface area contributed by atoms with Gasteiger partial charge in [-0.25, -0.2) is 4.98 Å². The van der Waals surface area contributed by atoms with E-state index in [-0.39, 0.29) is 0 Å². The Balaban J connectivity index is 1.98. The van der Waals surface area contributed by atoms with Crippen molar-refractivity contribution in [2.24, 2.45) is 0 Å². The van der Waals surface area contributed by atoms with Gasteiger partial charge in [0.2, 0.25) is 5.88 Å². The predicted octanol–water partition coefficient (Wildman–Crippen LogP) is 7.76. The quantitative estimate of drug-likeness (QED) is 0.386. The predicted molar refractivity (Wildman–Crippen MR) is 129 cm³/mol. The number of benzene rings is 2. The van der Waals surface area contributed by atoms with Gasteiger partial charge in [0.15, 0.2) is 0 Å². The third kappa shape index (κ3) is 4.89. The van der Waals surface area contributed by atoms with Crippen LogP contribution in [0.25, 0.3) is 22.4 Å². The smallest absolute Gasteiger partial charge is 0.232 e. The van der Waals surface area contributed by atoms with Gasteiger partial charge >= 0.3 is 0 Å². The second-order valence-electron chi connectivity index (χ2n) is 7.64. The van der Waals surface area contributed by atoms with Crippen LogP contribution in [-0.2, 0) is 0 Å². The van der Waals surface area contributed by atoms with Gasteiger partial charge in [0.1, 0.15) is 11.6 Å². The lowest BCUT2D eigenvalue weighted by Gasteiger charge is -2.25. The maximum atomic E-state index is 10.1. The standard InChI is InChI=1S/C26H25ClN2OS/c1-2-30-26-22(17-28)23(18-9-5-3-6-10-18)25(31-21-11-7-4-8-12-21)24(29-26)19-13-15-20(27)16-14-19/h3,5-6,9-10,13-16,21H,2,4,7-8,11-12H2,1H3. The number of ether oxygens (including phenoxy) is 1. The van der Waals surface area contributed by atoms with Crippen LogP contribution in [0.2, 0.25) is 5.02 Å². The van der Waals surface area contributed by atoms with Crippen LogP contribution < -0.4 is 4.74 Å². The highest BCUT2D eigenvalue weighted by Gasteiger charge is 2.26. The Labute approximate surface area is 193 Å². The number of nitriles is 1. The number of aromatic nitrogens is 1. The van der Waals surface area contributed by atoms with E-state index >= 15 is 0 Å². The summed E-state index contributed by atoms with van der Waals surface area (Å²) in [5, 5.41) is 11.3. The van der Waals surface area contributed by atoms with Crippen molar-refractivity contribution in [1.29, 1.82) is 5.26 Å². The van der Waals surface area contributed by atoms with Gasteiger partial charge in [0, 0.05) is 26.3 Å². The maximum absolute atomic E-state index is 10.1. The van der Waals surface area contributed by atoms with E-state index in [0.717, 1.165) is 27.3 Å². The lowest BCUT2D eigenvalue weighted by atomic mass is 9.98. The van der Waals surface area contributed by atoms with Crippen molar-refractivity contribution in [2.75, 3.05) is 6.61 Å². The molecule has 4 rings (SSSR count). The molecule has 1 fully saturated rings. The Bertz CT molecular complexity index is 1070. The highest BCUT2D eigenvalue weighted by Crippen LogP contribution is 2.47. The lowest BCUT2D eigenvalue weighted by Crippen LogP contribution is -2.10. The third-order valence-corrected chi connectivity index (χ3v) is 7.22. The van der Waals surface area contributed by atoms with Gasteiger partial charge < -0.3 is 4.74 Å². The minimum atomic E-state index is 0.391. The number of hydrogen-bond acceptors (Lipinski definition) is 4. The van der Waals surface area contributed by atoms with E-state index in [0.29, 0.717) is 28.3 Å². The minimum absolute atomic E-state index is 0.391. The van der Waals surface area contributed by atoms with Gasteiger partial charge in [-0.15, -0.1) is 11.8 Å². The van der Waals surface area contributed by atoms with Crippen LogP contribution in [-0.4, -0.2) is 16.8 Å². The lowest BCUT2D eigenvalue weighted by molar-refractivity contribution is 0.326. The molecule has 0 spiro atoms. The van der Waals surface area contributed by atoms with Gasteiger partial charge in [-0.1, -0.05) is 73.3 Å². The van der Waals surface area contributed by atoms with E-state index in [1.54, 1.807) is 0 Å². The van der Waals surface area contributed by atoms with Crippen LogP contribution in [0.4, 0.5) is 0 Å². The van der Waals surface area contributed by atoms with E-state index in [1.807, 2.05) is 61.2 Å². The van der Waals surface area contributed by atoms with Crippen LogP contribution in [0.3, 0.4) is 0 Å². The highest BCUT2D eigenvalue weighted by molar-refractivity contribution is 8.00. The monoisotopic (exact) mass is 448 g/mol. The first-order chi connectivity index (χ1) is 15.2. The SMILES string of the molecule is CCOc1nc(-c2ccc(Cl)cc2)c(SC2CCCCC2)c(-c2ccccc2)c1C#N. The zero-order chi connectivity index (χ0) is 21.6. The average molecular weight is 449 g/mol. The third-order valence-electron chi connectivity index (χ3n) is 5.53. The van der Waals surface area contributed by atoms with Gasteiger partial charge in [0.25, 0.3) is 0 Å². The van der Waals surface area contributed by atoms with Gasteiger partial charge in [-0.05, 0) is 37.5 Å². The molecule has 0 unspecified atom stereocenters. The Morgan fingerprint density at radius 2 is 1.74 bits per heavy atom. The number of thioether (sulfide) groups is 1. The van der Waals surface area contributed by atoms with Crippen molar-refractivity contribution < 1.29 is 4.74 Å². The molecule has 158 valence electrons. The molecule has 0 radical (unpaired) electrons. The summed E-state index contributed by atoms with van der Waals surface area (Å²) < 4.78 is 5.85. The fraction of sp³-hybridized carbons (Fsp3) is 0.308. The topological polar surface area (TPSA) is 45.9 Å². The molecule has 1 heterocycles. The summed E-state index contributed by atoms with van der Waals surface area (Å²) in [4.78, 5) is 5.93. The van der Waals surface area contributed by atoms with E-state index in [4.69, 9.17) is 21.3 Å². The van der Waals surface area contributed by atoms with Gasteiger partial charge in [0.05, 0.1) is 12.3 Å². The molecule has 0 amide bonds. The number of halogens is 1. The van der Waals surface area contributed by atoms with E-state index in [1.165, 1.54) is 32.1 Å².